The van der Waals surface area contributed by atoms with E-state index in [9.17, 15) is 5.11 Å². The summed E-state index contributed by atoms with van der Waals surface area (Å²) in [6, 6.07) is 7.89. The zero-order valence-electron chi connectivity index (χ0n) is 15.7. The quantitative estimate of drug-likeness (QED) is 0.570. The van der Waals surface area contributed by atoms with Crippen LogP contribution in [0.1, 0.15) is 42.5 Å². The van der Waals surface area contributed by atoms with Crippen LogP contribution in [-0.2, 0) is 12.0 Å². The third kappa shape index (κ3) is 2.73. The number of fused-ring (bicyclic) bond motifs is 2. The molecule has 4 aromatic rings. The fourth-order valence-corrected chi connectivity index (χ4v) is 3.67. The van der Waals surface area contributed by atoms with Gasteiger partial charge in [0.2, 0.25) is 5.95 Å². The first-order valence-electron chi connectivity index (χ1n) is 9.29. The minimum Gasteiger partial charge on any atom is -0.386 e. The van der Waals surface area contributed by atoms with Crippen LogP contribution < -0.4 is 4.90 Å². The third-order valence-corrected chi connectivity index (χ3v) is 5.20. The summed E-state index contributed by atoms with van der Waals surface area (Å²) < 4.78 is 1.87. The molecule has 1 atom stereocenters. The molecule has 4 aromatic heterocycles. The Hall–Kier alpha value is -3.26. The van der Waals surface area contributed by atoms with E-state index in [-0.39, 0.29) is 6.04 Å². The molecule has 8 nitrogen and oxygen atoms in total. The maximum atomic E-state index is 10.2. The van der Waals surface area contributed by atoms with E-state index in [0.29, 0.717) is 11.5 Å². The van der Waals surface area contributed by atoms with Crippen molar-refractivity contribution in [2.75, 3.05) is 11.4 Å². The lowest BCUT2D eigenvalue weighted by atomic mass is 10.00. The van der Waals surface area contributed by atoms with Crippen molar-refractivity contribution in [1.29, 1.82) is 0 Å². The second-order valence-electron chi connectivity index (χ2n) is 7.58. The number of aliphatic hydroxyl groups is 1. The zero-order chi connectivity index (χ0) is 19.3. The summed E-state index contributed by atoms with van der Waals surface area (Å²) in [5.74, 6) is 0.601. The van der Waals surface area contributed by atoms with Gasteiger partial charge in [-0.15, -0.1) is 0 Å². The summed E-state index contributed by atoms with van der Waals surface area (Å²) in [5, 5.41) is 15.0. The van der Waals surface area contributed by atoms with Crippen LogP contribution in [0.4, 0.5) is 5.95 Å². The Morgan fingerprint density at radius 1 is 1.18 bits per heavy atom. The highest BCUT2D eigenvalue weighted by Gasteiger charge is 2.34. The molecule has 1 aliphatic rings. The summed E-state index contributed by atoms with van der Waals surface area (Å²) >= 11 is 0. The van der Waals surface area contributed by atoms with Gasteiger partial charge in [-0.25, -0.2) is 19.5 Å². The van der Waals surface area contributed by atoms with Crippen LogP contribution in [0.2, 0.25) is 0 Å². The zero-order valence-corrected chi connectivity index (χ0v) is 15.7. The van der Waals surface area contributed by atoms with Gasteiger partial charge in [-0.1, -0.05) is 6.07 Å². The number of aromatic amines is 1. The molecule has 1 aliphatic heterocycles. The molecule has 0 amide bonds. The minimum atomic E-state index is -0.975. The van der Waals surface area contributed by atoms with Crippen LogP contribution in [0, 0.1) is 0 Å². The van der Waals surface area contributed by atoms with E-state index in [1.165, 1.54) is 0 Å². The van der Waals surface area contributed by atoms with Crippen molar-refractivity contribution < 1.29 is 5.11 Å². The van der Waals surface area contributed by atoms with Crippen LogP contribution in [-0.4, -0.2) is 41.2 Å². The average molecular weight is 375 g/mol. The molecule has 0 saturated heterocycles. The molecule has 0 radical (unpaired) electrons. The number of nitrogens with one attached hydrogen (secondary N) is 1. The highest BCUT2D eigenvalue weighted by molar-refractivity contribution is 5.52. The van der Waals surface area contributed by atoms with Gasteiger partial charge in [-0.05, 0) is 32.0 Å². The first kappa shape index (κ1) is 16.9. The number of H-pyrrole nitrogens is 1. The predicted octanol–water partition coefficient (Wildman–Crippen LogP) is 2.23. The van der Waals surface area contributed by atoms with Gasteiger partial charge in [-0.2, -0.15) is 5.10 Å². The summed E-state index contributed by atoms with van der Waals surface area (Å²) in [4.78, 5) is 19.0. The summed E-state index contributed by atoms with van der Waals surface area (Å²) in [7, 11) is 0. The Labute approximate surface area is 161 Å². The molecule has 0 bridgehead atoms. The molecule has 0 saturated carbocycles. The van der Waals surface area contributed by atoms with E-state index in [0.717, 1.165) is 35.6 Å². The number of hydrogen-bond donors (Lipinski definition) is 2. The van der Waals surface area contributed by atoms with Gasteiger partial charge in [0.15, 0.2) is 0 Å². The smallest absolute Gasteiger partial charge is 0.226 e. The topological polar surface area (TPSA) is 95.2 Å². The van der Waals surface area contributed by atoms with Gasteiger partial charge >= 0.3 is 0 Å². The number of nitrogens with zero attached hydrogens (tertiary/aromatic N) is 6. The summed E-state index contributed by atoms with van der Waals surface area (Å²) in [6.45, 7) is 4.19. The van der Waals surface area contributed by atoms with Crippen molar-refractivity contribution >= 4 is 11.5 Å². The lowest BCUT2D eigenvalue weighted by Crippen LogP contribution is -2.38. The molecule has 0 aromatic carbocycles. The van der Waals surface area contributed by atoms with Crippen LogP contribution in [0.5, 0.6) is 0 Å². The first-order valence-corrected chi connectivity index (χ1v) is 9.29. The Balaban J connectivity index is 1.60. The van der Waals surface area contributed by atoms with Gasteiger partial charge in [-0.3, -0.25) is 0 Å². The summed E-state index contributed by atoms with van der Waals surface area (Å²) in [5.41, 5.74) is 3.69. The average Bonchev–Trinajstić information content (AvgIpc) is 3.33. The van der Waals surface area contributed by atoms with Crippen molar-refractivity contribution in [3.63, 3.8) is 0 Å². The van der Waals surface area contributed by atoms with Crippen molar-refractivity contribution in [3.8, 4) is 0 Å². The molecule has 8 heteroatoms. The van der Waals surface area contributed by atoms with Gasteiger partial charge in [0.1, 0.15) is 6.04 Å². The van der Waals surface area contributed by atoms with Crippen LogP contribution >= 0.6 is 0 Å². The Kier molecular flexibility index (Phi) is 3.70. The standard InChI is InChI=1S/C20H21N7O/c1-20(2,28)13-10-21-19(22-11-13)26-8-6-15-17(24-12-23-15)18(26)16-9-14-5-3-4-7-27(14)25-16/h3-5,7,9-12,18,28H,6,8H2,1-2H3,(H,23,24). The number of hydrogen-bond acceptors (Lipinski definition) is 6. The third-order valence-electron chi connectivity index (χ3n) is 5.20. The lowest BCUT2D eigenvalue weighted by molar-refractivity contribution is 0.0778. The lowest BCUT2D eigenvalue weighted by Gasteiger charge is -2.34. The fourth-order valence-electron chi connectivity index (χ4n) is 3.67. The molecule has 2 N–H and O–H groups in total. The number of aromatic nitrogens is 6. The fraction of sp³-hybridized carbons (Fsp3) is 0.300. The highest BCUT2D eigenvalue weighted by atomic mass is 16.3. The number of imidazole rings is 1. The first-order chi connectivity index (χ1) is 13.5. The monoisotopic (exact) mass is 375 g/mol. The van der Waals surface area contributed by atoms with Crippen LogP contribution in [0.3, 0.4) is 0 Å². The van der Waals surface area contributed by atoms with Crippen molar-refractivity contribution in [1.82, 2.24) is 29.5 Å². The van der Waals surface area contributed by atoms with Gasteiger partial charge in [0.05, 0.1) is 28.8 Å². The van der Waals surface area contributed by atoms with Gasteiger partial charge in [0, 0.05) is 42.8 Å². The molecule has 0 aliphatic carbocycles. The second-order valence-corrected chi connectivity index (χ2v) is 7.58. The molecule has 5 heterocycles. The van der Waals surface area contributed by atoms with Gasteiger partial charge < -0.3 is 15.0 Å². The van der Waals surface area contributed by atoms with Crippen molar-refractivity contribution in [3.05, 3.63) is 71.8 Å². The van der Waals surface area contributed by atoms with E-state index >= 15 is 0 Å². The van der Waals surface area contributed by atoms with Crippen LogP contribution in [0.25, 0.3) is 5.52 Å². The predicted molar refractivity (Wildman–Crippen MR) is 104 cm³/mol. The van der Waals surface area contributed by atoms with Crippen LogP contribution in [0.15, 0.2) is 49.2 Å². The Bertz CT molecular complexity index is 1090. The highest BCUT2D eigenvalue weighted by Crippen LogP contribution is 2.35. The summed E-state index contributed by atoms with van der Waals surface area (Å²) in [6.07, 6.45) is 7.86. The Morgan fingerprint density at radius 2 is 2.00 bits per heavy atom. The van der Waals surface area contributed by atoms with Crippen molar-refractivity contribution in [2.24, 2.45) is 0 Å². The van der Waals surface area contributed by atoms with Crippen molar-refractivity contribution in [2.45, 2.75) is 31.9 Å². The molecule has 5 rings (SSSR count). The maximum Gasteiger partial charge on any atom is 0.226 e. The number of rotatable bonds is 3. The molecular formula is C20H21N7O. The normalized spacial score (nSPS) is 17.1. The molecular weight excluding hydrogens is 354 g/mol. The molecule has 142 valence electrons. The Morgan fingerprint density at radius 3 is 2.75 bits per heavy atom. The number of anilines is 1. The van der Waals surface area contributed by atoms with Gasteiger partial charge in [0.25, 0.3) is 0 Å². The number of pyridine rings is 1. The second kappa shape index (κ2) is 6.13. The SMILES string of the molecule is CC(C)(O)c1cnc(N2CCc3[nH]cnc3C2c2cc3ccccn3n2)nc1. The molecule has 1 unspecified atom stereocenters. The maximum absolute atomic E-state index is 10.2. The molecule has 28 heavy (non-hydrogen) atoms. The molecule has 0 spiro atoms. The van der Waals surface area contributed by atoms with E-state index in [2.05, 4.69) is 30.9 Å². The van der Waals surface area contributed by atoms with E-state index < -0.39 is 5.60 Å². The van der Waals surface area contributed by atoms with E-state index in [1.54, 1.807) is 32.6 Å². The minimum absolute atomic E-state index is 0.178. The van der Waals surface area contributed by atoms with E-state index in [4.69, 9.17) is 5.10 Å². The van der Waals surface area contributed by atoms with E-state index in [1.807, 2.05) is 28.9 Å². The molecule has 0 fully saturated rings. The largest absolute Gasteiger partial charge is 0.386 e.